The van der Waals surface area contributed by atoms with Gasteiger partial charge in [-0.05, 0) is 19.3 Å². The molecular weight excluding hydrogens is 272 g/mol. The van der Waals surface area contributed by atoms with Crippen LogP contribution in [0.2, 0.25) is 0 Å². The predicted molar refractivity (Wildman–Crippen MR) is 103 cm³/mol. The fraction of sp³-hybridized carbons (Fsp3) is 1.00. The summed E-state index contributed by atoms with van der Waals surface area (Å²) in [5.41, 5.74) is 0. The van der Waals surface area contributed by atoms with Gasteiger partial charge in [-0.15, -0.1) is 0 Å². The molecular formula is C20H42S. The maximum Gasteiger partial charge on any atom is 0.0127 e. The maximum atomic E-state index is 4.98. The summed E-state index contributed by atoms with van der Waals surface area (Å²) in [5, 5.41) is 0. The van der Waals surface area contributed by atoms with E-state index in [4.69, 9.17) is 12.6 Å². The van der Waals surface area contributed by atoms with Crippen LogP contribution in [0.15, 0.2) is 0 Å². The van der Waals surface area contributed by atoms with Crippen molar-refractivity contribution < 1.29 is 0 Å². The van der Waals surface area contributed by atoms with Gasteiger partial charge in [0, 0.05) is 4.75 Å². The summed E-state index contributed by atoms with van der Waals surface area (Å²) in [6.45, 7) is 6.89. The first kappa shape index (κ1) is 21.4. The Kier molecular flexibility index (Phi) is 15.5. The Morgan fingerprint density at radius 1 is 0.524 bits per heavy atom. The normalized spacial score (nSPS) is 14.3. The molecule has 0 rings (SSSR count). The average Bonchev–Trinajstić information content (AvgIpc) is 2.49. The van der Waals surface area contributed by atoms with E-state index in [-0.39, 0.29) is 0 Å². The molecule has 0 radical (unpaired) electrons. The summed E-state index contributed by atoms with van der Waals surface area (Å²) in [6.07, 6.45) is 22.3. The predicted octanol–water partition coefficient (Wildman–Crippen LogP) is 7.96. The molecule has 0 N–H and O–H groups in total. The zero-order valence-electron chi connectivity index (χ0n) is 15.3. The molecule has 1 atom stereocenters. The molecule has 1 unspecified atom stereocenters. The van der Waals surface area contributed by atoms with Crippen LogP contribution in [-0.2, 0) is 0 Å². The standard InChI is InChI=1S/C20H42S/c1-4-7-9-10-11-12-13-14-15-17-19-20(21,6-3)18-16-8-5-2/h21H,4-19H2,1-3H3. The van der Waals surface area contributed by atoms with Crippen molar-refractivity contribution in [3.8, 4) is 0 Å². The number of hydrogen-bond donors (Lipinski definition) is 1. The molecule has 0 aliphatic rings. The lowest BCUT2D eigenvalue weighted by atomic mass is 9.91. The summed E-state index contributed by atoms with van der Waals surface area (Å²) in [5.74, 6) is 0. The van der Waals surface area contributed by atoms with Crippen LogP contribution in [0.25, 0.3) is 0 Å². The van der Waals surface area contributed by atoms with Crippen LogP contribution in [0.4, 0.5) is 0 Å². The molecule has 0 nitrogen and oxygen atoms in total. The molecule has 0 heterocycles. The first-order valence-electron chi connectivity index (χ1n) is 9.91. The topological polar surface area (TPSA) is 0 Å². The van der Waals surface area contributed by atoms with Gasteiger partial charge in [0.25, 0.3) is 0 Å². The van der Waals surface area contributed by atoms with E-state index in [1.54, 1.807) is 0 Å². The highest BCUT2D eigenvalue weighted by atomic mass is 32.1. The minimum absolute atomic E-state index is 0.329. The van der Waals surface area contributed by atoms with Gasteiger partial charge in [0.2, 0.25) is 0 Å². The zero-order chi connectivity index (χ0) is 15.8. The highest BCUT2D eigenvalue weighted by Gasteiger charge is 2.21. The van der Waals surface area contributed by atoms with Gasteiger partial charge in [-0.3, -0.25) is 0 Å². The van der Waals surface area contributed by atoms with Crippen molar-refractivity contribution in [1.82, 2.24) is 0 Å². The molecule has 0 spiro atoms. The maximum absolute atomic E-state index is 4.98. The smallest absolute Gasteiger partial charge is 0.0127 e. The van der Waals surface area contributed by atoms with Gasteiger partial charge in [0.1, 0.15) is 0 Å². The molecule has 0 aromatic rings. The first-order valence-corrected chi connectivity index (χ1v) is 10.4. The molecule has 0 aromatic carbocycles. The largest absolute Gasteiger partial charge is 0.173 e. The fourth-order valence-corrected chi connectivity index (χ4v) is 3.44. The van der Waals surface area contributed by atoms with Crippen LogP contribution in [0.3, 0.4) is 0 Å². The van der Waals surface area contributed by atoms with Crippen LogP contribution < -0.4 is 0 Å². The van der Waals surface area contributed by atoms with E-state index in [2.05, 4.69) is 20.8 Å². The second-order valence-electron chi connectivity index (χ2n) is 6.97. The molecule has 21 heavy (non-hydrogen) atoms. The Labute approximate surface area is 141 Å². The second-order valence-corrected chi connectivity index (χ2v) is 7.92. The van der Waals surface area contributed by atoms with Crippen LogP contribution in [0.5, 0.6) is 0 Å². The van der Waals surface area contributed by atoms with E-state index in [9.17, 15) is 0 Å². The molecule has 0 saturated heterocycles. The highest BCUT2D eigenvalue weighted by Crippen LogP contribution is 2.32. The van der Waals surface area contributed by atoms with E-state index in [0.717, 1.165) is 0 Å². The van der Waals surface area contributed by atoms with Gasteiger partial charge < -0.3 is 0 Å². The third-order valence-corrected chi connectivity index (χ3v) is 5.66. The Morgan fingerprint density at radius 3 is 1.29 bits per heavy atom. The highest BCUT2D eigenvalue weighted by molar-refractivity contribution is 7.81. The SMILES string of the molecule is CCCCCCCCCCCCC(S)(CC)CCCCC. The molecule has 128 valence electrons. The molecule has 0 aliphatic heterocycles. The van der Waals surface area contributed by atoms with Crippen molar-refractivity contribution in [2.45, 2.75) is 128 Å². The Morgan fingerprint density at radius 2 is 0.857 bits per heavy atom. The monoisotopic (exact) mass is 314 g/mol. The quantitative estimate of drug-likeness (QED) is 0.217. The fourth-order valence-electron chi connectivity index (χ4n) is 3.12. The summed E-state index contributed by atoms with van der Waals surface area (Å²) >= 11 is 4.98. The van der Waals surface area contributed by atoms with Gasteiger partial charge in [-0.2, -0.15) is 12.6 Å². The van der Waals surface area contributed by atoms with E-state index in [1.807, 2.05) is 0 Å². The van der Waals surface area contributed by atoms with Crippen molar-refractivity contribution in [1.29, 1.82) is 0 Å². The van der Waals surface area contributed by atoms with Crippen molar-refractivity contribution in [3.63, 3.8) is 0 Å². The lowest BCUT2D eigenvalue weighted by Crippen LogP contribution is -2.20. The molecule has 0 amide bonds. The van der Waals surface area contributed by atoms with Crippen molar-refractivity contribution in [2.24, 2.45) is 0 Å². The van der Waals surface area contributed by atoms with E-state index in [1.165, 1.54) is 103 Å². The lowest BCUT2D eigenvalue weighted by Gasteiger charge is -2.27. The van der Waals surface area contributed by atoms with Crippen molar-refractivity contribution in [3.05, 3.63) is 0 Å². The van der Waals surface area contributed by atoms with Gasteiger partial charge >= 0.3 is 0 Å². The summed E-state index contributed by atoms with van der Waals surface area (Å²) in [4.78, 5) is 0. The minimum atomic E-state index is 0.329. The van der Waals surface area contributed by atoms with Crippen LogP contribution in [0.1, 0.15) is 124 Å². The molecule has 0 saturated carbocycles. The zero-order valence-corrected chi connectivity index (χ0v) is 16.2. The summed E-state index contributed by atoms with van der Waals surface area (Å²) < 4.78 is 0.329. The number of rotatable bonds is 16. The van der Waals surface area contributed by atoms with Gasteiger partial charge in [-0.1, -0.05) is 104 Å². The second kappa shape index (κ2) is 15.3. The number of thiol groups is 1. The summed E-state index contributed by atoms with van der Waals surface area (Å²) in [7, 11) is 0. The van der Waals surface area contributed by atoms with Crippen molar-refractivity contribution >= 4 is 12.6 Å². The van der Waals surface area contributed by atoms with Gasteiger partial charge in [0.15, 0.2) is 0 Å². The lowest BCUT2D eigenvalue weighted by molar-refractivity contribution is 0.438. The Balaban J connectivity index is 3.42. The molecule has 0 aliphatic carbocycles. The molecule has 0 fully saturated rings. The minimum Gasteiger partial charge on any atom is -0.173 e. The number of unbranched alkanes of at least 4 members (excludes halogenated alkanes) is 11. The first-order chi connectivity index (χ1) is 10.2. The third kappa shape index (κ3) is 13.7. The van der Waals surface area contributed by atoms with E-state index >= 15 is 0 Å². The van der Waals surface area contributed by atoms with Gasteiger partial charge in [-0.25, -0.2) is 0 Å². The molecule has 0 bridgehead atoms. The Bertz CT molecular complexity index is 202. The van der Waals surface area contributed by atoms with Crippen LogP contribution >= 0.6 is 12.6 Å². The number of hydrogen-bond acceptors (Lipinski definition) is 1. The van der Waals surface area contributed by atoms with E-state index < -0.39 is 0 Å². The van der Waals surface area contributed by atoms with Crippen LogP contribution in [-0.4, -0.2) is 4.75 Å². The molecule has 1 heteroatoms. The van der Waals surface area contributed by atoms with Gasteiger partial charge in [0.05, 0.1) is 0 Å². The third-order valence-electron chi connectivity index (χ3n) is 4.90. The average molecular weight is 315 g/mol. The summed E-state index contributed by atoms with van der Waals surface area (Å²) in [6, 6.07) is 0. The van der Waals surface area contributed by atoms with E-state index in [0.29, 0.717) is 4.75 Å². The molecule has 0 aromatic heterocycles. The van der Waals surface area contributed by atoms with Crippen LogP contribution in [0, 0.1) is 0 Å². The Hall–Kier alpha value is 0.350. The van der Waals surface area contributed by atoms with Crippen molar-refractivity contribution in [2.75, 3.05) is 0 Å².